The third-order valence-corrected chi connectivity index (χ3v) is 4.27. The van der Waals surface area contributed by atoms with E-state index in [2.05, 4.69) is 6.07 Å². The van der Waals surface area contributed by atoms with Crippen LogP contribution in [0.2, 0.25) is 0 Å². The topological polar surface area (TPSA) is 80.9 Å². The molecule has 6 heteroatoms. The number of ether oxygens (including phenoxy) is 4. The Morgan fingerprint density at radius 1 is 1.42 bits per heavy atom. The molecule has 0 aromatic heterocycles. The molecular formula is C18H25NO5. The van der Waals surface area contributed by atoms with Crippen molar-refractivity contribution in [3.63, 3.8) is 0 Å². The molecule has 2 rings (SSSR count). The van der Waals surface area contributed by atoms with Crippen LogP contribution in [-0.2, 0) is 25.6 Å². The summed E-state index contributed by atoms with van der Waals surface area (Å²) in [5, 5.41) is 19.3. The van der Waals surface area contributed by atoms with Crippen LogP contribution >= 0.6 is 0 Å². The van der Waals surface area contributed by atoms with Crippen molar-refractivity contribution in [3.8, 4) is 6.07 Å². The summed E-state index contributed by atoms with van der Waals surface area (Å²) < 4.78 is 22.5. The van der Waals surface area contributed by atoms with Gasteiger partial charge in [-0.2, -0.15) is 5.26 Å². The Morgan fingerprint density at radius 2 is 2.12 bits per heavy atom. The van der Waals surface area contributed by atoms with Crippen LogP contribution in [0.3, 0.4) is 0 Å². The second kappa shape index (κ2) is 8.56. The third kappa shape index (κ3) is 5.00. The summed E-state index contributed by atoms with van der Waals surface area (Å²) in [6.45, 7) is 3.94. The van der Waals surface area contributed by atoms with Gasteiger partial charge in [0, 0.05) is 7.11 Å². The summed E-state index contributed by atoms with van der Waals surface area (Å²) in [5.74, 6) is -1.69. The Hall–Kier alpha value is -1.49. The standard InChI is InChI=1S/C18H25NO5/c1-13(18(2,20)21-3)24-16-9-15(10-19)12-23-17(16)22-11-14-7-5-4-6-8-14/h4-8,13,15-17,20H,9,11-12H2,1-3H3. The smallest absolute Gasteiger partial charge is 0.188 e. The van der Waals surface area contributed by atoms with E-state index in [0.717, 1.165) is 5.56 Å². The first kappa shape index (κ1) is 18.8. The Kier molecular flexibility index (Phi) is 6.72. The van der Waals surface area contributed by atoms with Crippen LogP contribution in [0.15, 0.2) is 30.3 Å². The first-order chi connectivity index (χ1) is 11.5. The van der Waals surface area contributed by atoms with Crippen molar-refractivity contribution in [1.29, 1.82) is 5.26 Å². The van der Waals surface area contributed by atoms with Crippen LogP contribution in [0, 0.1) is 17.2 Å². The molecule has 1 saturated heterocycles. The number of aliphatic hydroxyl groups is 1. The minimum Gasteiger partial charge on any atom is -0.364 e. The van der Waals surface area contributed by atoms with Gasteiger partial charge < -0.3 is 24.1 Å². The van der Waals surface area contributed by atoms with Gasteiger partial charge in [0.1, 0.15) is 12.2 Å². The maximum atomic E-state index is 10.1. The molecule has 1 heterocycles. The van der Waals surface area contributed by atoms with Gasteiger partial charge >= 0.3 is 0 Å². The van der Waals surface area contributed by atoms with E-state index >= 15 is 0 Å². The molecule has 1 aliphatic heterocycles. The molecule has 0 amide bonds. The Labute approximate surface area is 142 Å². The van der Waals surface area contributed by atoms with Crippen molar-refractivity contribution in [2.75, 3.05) is 13.7 Å². The van der Waals surface area contributed by atoms with E-state index in [1.807, 2.05) is 30.3 Å². The highest BCUT2D eigenvalue weighted by molar-refractivity contribution is 5.13. The summed E-state index contributed by atoms with van der Waals surface area (Å²) in [4.78, 5) is 0. The van der Waals surface area contributed by atoms with E-state index in [1.54, 1.807) is 6.92 Å². The van der Waals surface area contributed by atoms with Crippen molar-refractivity contribution < 1.29 is 24.1 Å². The average molecular weight is 335 g/mol. The molecule has 1 aliphatic rings. The van der Waals surface area contributed by atoms with Gasteiger partial charge in [-0.25, -0.2) is 0 Å². The fourth-order valence-corrected chi connectivity index (χ4v) is 2.45. The largest absolute Gasteiger partial charge is 0.364 e. The molecule has 1 fully saturated rings. The first-order valence-electron chi connectivity index (χ1n) is 8.06. The maximum Gasteiger partial charge on any atom is 0.188 e. The molecule has 0 radical (unpaired) electrons. The summed E-state index contributed by atoms with van der Waals surface area (Å²) in [7, 11) is 1.42. The zero-order chi connectivity index (χ0) is 17.6. The quantitative estimate of drug-likeness (QED) is 0.770. The van der Waals surface area contributed by atoms with Gasteiger partial charge in [-0.3, -0.25) is 0 Å². The Bertz CT molecular complexity index is 542. The van der Waals surface area contributed by atoms with Gasteiger partial charge in [-0.1, -0.05) is 30.3 Å². The predicted octanol–water partition coefficient (Wildman–Crippen LogP) is 2.22. The van der Waals surface area contributed by atoms with Crippen molar-refractivity contribution in [2.45, 2.75) is 51.2 Å². The lowest BCUT2D eigenvalue weighted by Gasteiger charge is -2.38. The van der Waals surface area contributed by atoms with E-state index in [4.69, 9.17) is 24.2 Å². The number of nitriles is 1. The van der Waals surface area contributed by atoms with Gasteiger partial charge in [0.25, 0.3) is 0 Å². The van der Waals surface area contributed by atoms with E-state index < -0.39 is 24.3 Å². The molecule has 1 aromatic carbocycles. The number of hydrogen-bond donors (Lipinski definition) is 1. The minimum absolute atomic E-state index is 0.258. The molecule has 0 bridgehead atoms. The lowest BCUT2D eigenvalue weighted by molar-refractivity contribution is -0.293. The van der Waals surface area contributed by atoms with Crippen LogP contribution in [0.25, 0.3) is 0 Å². The summed E-state index contributed by atoms with van der Waals surface area (Å²) >= 11 is 0. The average Bonchev–Trinajstić information content (AvgIpc) is 2.61. The molecule has 132 valence electrons. The van der Waals surface area contributed by atoms with E-state index in [9.17, 15) is 5.11 Å². The molecule has 5 atom stereocenters. The van der Waals surface area contributed by atoms with Crippen LogP contribution < -0.4 is 0 Å². The minimum atomic E-state index is -1.43. The van der Waals surface area contributed by atoms with Crippen LogP contribution in [0.1, 0.15) is 25.8 Å². The molecule has 5 unspecified atom stereocenters. The molecule has 0 aliphatic carbocycles. The van der Waals surface area contributed by atoms with Gasteiger partial charge in [0.15, 0.2) is 12.1 Å². The van der Waals surface area contributed by atoms with Gasteiger partial charge in [-0.15, -0.1) is 0 Å². The first-order valence-corrected chi connectivity index (χ1v) is 8.06. The third-order valence-electron chi connectivity index (χ3n) is 4.27. The Balaban J connectivity index is 2.00. The fraction of sp³-hybridized carbons (Fsp3) is 0.611. The zero-order valence-electron chi connectivity index (χ0n) is 14.3. The van der Waals surface area contributed by atoms with Gasteiger partial charge in [0.05, 0.1) is 25.2 Å². The maximum absolute atomic E-state index is 10.1. The Morgan fingerprint density at radius 3 is 2.75 bits per heavy atom. The normalized spacial score (nSPS) is 27.9. The van der Waals surface area contributed by atoms with Gasteiger partial charge in [-0.05, 0) is 25.8 Å². The van der Waals surface area contributed by atoms with E-state index in [1.165, 1.54) is 14.0 Å². The van der Waals surface area contributed by atoms with Crippen molar-refractivity contribution in [3.05, 3.63) is 35.9 Å². The predicted molar refractivity (Wildman–Crippen MR) is 86.7 cm³/mol. The summed E-state index contributed by atoms with van der Waals surface area (Å²) in [6, 6.07) is 12.0. The highest BCUT2D eigenvalue weighted by Gasteiger charge is 2.38. The van der Waals surface area contributed by atoms with E-state index in [-0.39, 0.29) is 5.92 Å². The lowest BCUT2D eigenvalue weighted by atomic mass is 10.0. The van der Waals surface area contributed by atoms with Crippen molar-refractivity contribution >= 4 is 0 Å². The van der Waals surface area contributed by atoms with E-state index in [0.29, 0.717) is 19.6 Å². The second-order valence-electron chi connectivity index (χ2n) is 6.14. The second-order valence-corrected chi connectivity index (χ2v) is 6.14. The molecule has 24 heavy (non-hydrogen) atoms. The molecule has 1 aromatic rings. The van der Waals surface area contributed by atoms with Crippen molar-refractivity contribution in [1.82, 2.24) is 0 Å². The lowest BCUT2D eigenvalue weighted by Crippen LogP contribution is -2.48. The zero-order valence-corrected chi connectivity index (χ0v) is 14.3. The van der Waals surface area contributed by atoms with Crippen LogP contribution in [0.5, 0.6) is 0 Å². The van der Waals surface area contributed by atoms with Crippen LogP contribution in [0.4, 0.5) is 0 Å². The SMILES string of the molecule is COC(C)(O)C(C)OC1CC(C#N)COC1OCc1ccccc1. The molecule has 1 N–H and O–H groups in total. The number of benzene rings is 1. The monoisotopic (exact) mass is 335 g/mol. The fourth-order valence-electron chi connectivity index (χ4n) is 2.45. The number of nitrogens with zero attached hydrogens (tertiary/aromatic N) is 1. The highest BCUT2D eigenvalue weighted by Crippen LogP contribution is 2.27. The number of rotatable bonds is 7. The van der Waals surface area contributed by atoms with Crippen LogP contribution in [-0.4, -0.2) is 43.1 Å². The molecule has 0 spiro atoms. The number of hydrogen-bond acceptors (Lipinski definition) is 6. The molecule has 0 saturated carbocycles. The number of methoxy groups -OCH3 is 1. The van der Waals surface area contributed by atoms with Gasteiger partial charge in [0.2, 0.25) is 0 Å². The summed E-state index contributed by atoms with van der Waals surface area (Å²) in [5.41, 5.74) is 1.03. The van der Waals surface area contributed by atoms with Crippen molar-refractivity contribution in [2.24, 2.45) is 5.92 Å². The molecular weight excluding hydrogens is 310 g/mol. The highest BCUT2D eigenvalue weighted by atomic mass is 16.7. The molecule has 6 nitrogen and oxygen atoms in total. The summed E-state index contributed by atoms with van der Waals surface area (Å²) in [6.07, 6.45) is -1.16.